The molecule has 0 aliphatic heterocycles. The van der Waals surface area contributed by atoms with Crippen molar-refractivity contribution in [2.45, 2.75) is 31.7 Å². The number of nitrogens with zero attached hydrogens (tertiary/aromatic N) is 3. The van der Waals surface area contributed by atoms with Gasteiger partial charge >= 0.3 is 5.69 Å². The number of anilines is 1. The Hall–Kier alpha value is -1.76. The zero-order valence-corrected chi connectivity index (χ0v) is 9.95. The van der Waals surface area contributed by atoms with Gasteiger partial charge in [0.05, 0.1) is 4.92 Å². The lowest BCUT2D eigenvalue weighted by Crippen LogP contribution is -2.34. The molecule has 0 spiro atoms. The van der Waals surface area contributed by atoms with E-state index in [0.29, 0.717) is 5.95 Å². The number of rotatable bonds is 4. The van der Waals surface area contributed by atoms with Crippen LogP contribution in [0.15, 0.2) is 12.4 Å². The highest BCUT2D eigenvalue weighted by Gasteiger charge is 2.25. The third-order valence-corrected chi connectivity index (χ3v) is 3.31. The SMILES string of the molecule is O=[N+]([O-])c1cnc(NC2CCCCC2CO)nc1. The van der Waals surface area contributed by atoms with Crippen LogP contribution in [0.1, 0.15) is 25.7 Å². The summed E-state index contributed by atoms with van der Waals surface area (Å²) in [4.78, 5) is 17.8. The highest BCUT2D eigenvalue weighted by atomic mass is 16.6. The summed E-state index contributed by atoms with van der Waals surface area (Å²) in [6.45, 7) is 0.144. The van der Waals surface area contributed by atoms with Crippen LogP contribution in [0.3, 0.4) is 0 Å². The quantitative estimate of drug-likeness (QED) is 0.619. The van der Waals surface area contributed by atoms with Gasteiger partial charge in [-0.1, -0.05) is 12.8 Å². The van der Waals surface area contributed by atoms with Crippen molar-refractivity contribution in [1.82, 2.24) is 9.97 Å². The molecule has 1 aliphatic carbocycles. The average molecular weight is 252 g/mol. The van der Waals surface area contributed by atoms with Crippen molar-refractivity contribution in [2.75, 3.05) is 11.9 Å². The van der Waals surface area contributed by atoms with Crippen LogP contribution in [0.2, 0.25) is 0 Å². The Kier molecular flexibility index (Phi) is 4.03. The van der Waals surface area contributed by atoms with Gasteiger partial charge in [-0.15, -0.1) is 0 Å². The molecule has 7 nitrogen and oxygen atoms in total. The molecule has 2 rings (SSSR count). The van der Waals surface area contributed by atoms with E-state index in [0.717, 1.165) is 25.7 Å². The molecular weight excluding hydrogens is 236 g/mol. The van der Waals surface area contributed by atoms with Crippen LogP contribution in [-0.4, -0.2) is 32.6 Å². The molecule has 18 heavy (non-hydrogen) atoms. The van der Waals surface area contributed by atoms with Gasteiger partial charge < -0.3 is 10.4 Å². The number of aliphatic hydroxyl groups is 1. The molecule has 1 heterocycles. The fraction of sp³-hybridized carbons (Fsp3) is 0.636. The summed E-state index contributed by atoms with van der Waals surface area (Å²) in [6, 6.07) is 0.144. The molecule has 7 heteroatoms. The lowest BCUT2D eigenvalue weighted by Gasteiger charge is -2.30. The number of hydrogen-bond acceptors (Lipinski definition) is 6. The van der Waals surface area contributed by atoms with Crippen LogP contribution >= 0.6 is 0 Å². The molecule has 0 amide bonds. The van der Waals surface area contributed by atoms with Crippen LogP contribution in [0, 0.1) is 16.0 Å². The van der Waals surface area contributed by atoms with Crippen molar-refractivity contribution in [3.63, 3.8) is 0 Å². The Morgan fingerprint density at radius 1 is 1.39 bits per heavy atom. The number of hydrogen-bond donors (Lipinski definition) is 2. The van der Waals surface area contributed by atoms with Gasteiger partial charge in [0.25, 0.3) is 0 Å². The number of aromatic nitrogens is 2. The maximum Gasteiger partial charge on any atom is 0.305 e. The Morgan fingerprint density at radius 3 is 2.67 bits per heavy atom. The monoisotopic (exact) mass is 252 g/mol. The third kappa shape index (κ3) is 2.92. The molecule has 1 aromatic heterocycles. The Balaban J connectivity index is 2.01. The van der Waals surface area contributed by atoms with Gasteiger partial charge in [-0.3, -0.25) is 10.1 Å². The van der Waals surface area contributed by atoms with E-state index in [9.17, 15) is 15.2 Å². The van der Waals surface area contributed by atoms with Crippen molar-refractivity contribution in [2.24, 2.45) is 5.92 Å². The van der Waals surface area contributed by atoms with Crippen LogP contribution < -0.4 is 5.32 Å². The maximum absolute atomic E-state index is 10.5. The highest BCUT2D eigenvalue weighted by molar-refractivity contribution is 5.31. The minimum atomic E-state index is -0.527. The second kappa shape index (κ2) is 5.72. The van der Waals surface area contributed by atoms with Crippen molar-refractivity contribution < 1.29 is 10.0 Å². The van der Waals surface area contributed by atoms with E-state index in [1.54, 1.807) is 0 Å². The maximum atomic E-state index is 10.5. The van der Waals surface area contributed by atoms with E-state index in [2.05, 4.69) is 15.3 Å². The Bertz CT molecular complexity index is 409. The number of nitro groups is 1. The van der Waals surface area contributed by atoms with Gasteiger partial charge in [-0.25, -0.2) is 9.97 Å². The number of nitrogens with one attached hydrogen (secondary N) is 1. The zero-order chi connectivity index (χ0) is 13.0. The molecule has 1 saturated carbocycles. The van der Waals surface area contributed by atoms with E-state index in [1.807, 2.05) is 0 Å². The molecule has 0 radical (unpaired) electrons. The molecule has 2 atom stereocenters. The summed E-state index contributed by atoms with van der Waals surface area (Å²) < 4.78 is 0. The normalized spacial score (nSPS) is 23.6. The highest BCUT2D eigenvalue weighted by Crippen LogP contribution is 2.26. The predicted molar refractivity (Wildman–Crippen MR) is 65.1 cm³/mol. The second-order valence-corrected chi connectivity index (χ2v) is 4.50. The minimum Gasteiger partial charge on any atom is -0.396 e. The summed E-state index contributed by atoms with van der Waals surface area (Å²) in [5, 5.41) is 22.9. The lowest BCUT2D eigenvalue weighted by molar-refractivity contribution is -0.385. The van der Waals surface area contributed by atoms with Gasteiger partial charge in [0.15, 0.2) is 0 Å². The number of aliphatic hydroxyl groups excluding tert-OH is 1. The zero-order valence-electron chi connectivity index (χ0n) is 9.95. The molecule has 1 fully saturated rings. The Morgan fingerprint density at radius 2 is 2.06 bits per heavy atom. The predicted octanol–water partition coefficient (Wildman–Crippen LogP) is 1.35. The van der Waals surface area contributed by atoms with E-state index in [4.69, 9.17) is 0 Å². The molecular formula is C11H16N4O3. The van der Waals surface area contributed by atoms with E-state index in [1.165, 1.54) is 12.4 Å². The van der Waals surface area contributed by atoms with Crippen molar-refractivity contribution in [3.8, 4) is 0 Å². The molecule has 98 valence electrons. The Labute approximate surface area is 104 Å². The molecule has 1 aliphatic rings. The van der Waals surface area contributed by atoms with Gasteiger partial charge in [0, 0.05) is 18.6 Å². The van der Waals surface area contributed by atoms with Crippen LogP contribution in [-0.2, 0) is 0 Å². The summed E-state index contributed by atoms with van der Waals surface area (Å²) in [5.74, 6) is 0.587. The van der Waals surface area contributed by atoms with Crippen LogP contribution in [0.5, 0.6) is 0 Å². The standard InChI is InChI=1S/C11H16N4O3/c16-7-8-3-1-2-4-10(8)14-11-12-5-9(6-13-11)15(17)18/h5-6,8,10,16H,1-4,7H2,(H,12,13,14). The minimum absolute atomic E-state index is 0.122. The van der Waals surface area contributed by atoms with Gasteiger partial charge in [0.1, 0.15) is 12.4 Å². The van der Waals surface area contributed by atoms with E-state index < -0.39 is 4.92 Å². The molecule has 2 unspecified atom stereocenters. The first-order valence-electron chi connectivity index (χ1n) is 6.04. The molecule has 1 aromatic rings. The largest absolute Gasteiger partial charge is 0.396 e. The van der Waals surface area contributed by atoms with Crippen molar-refractivity contribution in [1.29, 1.82) is 0 Å². The fourth-order valence-electron chi connectivity index (χ4n) is 2.27. The summed E-state index contributed by atoms with van der Waals surface area (Å²) in [7, 11) is 0. The topological polar surface area (TPSA) is 101 Å². The summed E-state index contributed by atoms with van der Waals surface area (Å²) >= 11 is 0. The van der Waals surface area contributed by atoms with E-state index in [-0.39, 0.29) is 24.3 Å². The molecule has 0 bridgehead atoms. The van der Waals surface area contributed by atoms with Crippen molar-refractivity contribution >= 4 is 11.6 Å². The fourth-order valence-corrected chi connectivity index (χ4v) is 2.27. The smallest absolute Gasteiger partial charge is 0.305 e. The van der Waals surface area contributed by atoms with Gasteiger partial charge in [-0.2, -0.15) is 0 Å². The first-order chi connectivity index (χ1) is 8.70. The first-order valence-corrected chi connectivity index (χ1v) is 6.04. The average Bonchev–Trinajstić information content (AvgIpc) is 2.40. The molecule has 2 N–H and O–H groups in total. The third-order valence-electron chi connectivity index (χ3n) is 3.31. The summed E-state index contributed by atoms with van der Waals surface area (Å²) in [6.07, 6.45) is 6.57. The van der Waals surface area contributed by atoms with Gasteiger partial charge in [-0.05, 0) is 12.8 Å². The van der Waals surface area contributed by atoms with Crippen LogP contribution in [0.4, 0.5) is 11.6 Å². The van der Waals surface area contributed by atoms with Crippen molar-refractivity contribution in [3.05, 3.63) is 22.5 Å². The summed E-state index contributed by atoms with van der Waals surface area (Å²) in [5.41, 5.74) is -0.122. The molecule has 0 aromatic carbocycles. The molecule has 0 saturated heterocycles. The second-order valence-electron chi connectivity index (χ2n) is 4.50. The van der Waals surface area contributed by atoms with E-state index >= 15 is 0 Å². The van der Waals surface area contributed by atoms with Gasteiger partial charge in [0.2, 0.25) is 5.95 Å². The van der Waals surface area contributed by atoms with Crippen LogP contribution in [0.25, 0.3) is 0 Å². The lowest BCUT2D eigenvalue weighted by atomic mass is 9.85. The first kappa shape index (κ1) is 12.7.